The minimum absolute atomic E-state index is 0.0773. The Morgan fingerprint density at radius 1 is 0.500 bits per heavy atom. The molecule has 0 spiro atoms. The van der Waals surface area contributed by atoms with Gasteiger partial charge in [0.15, 0.2) is 0 Å². The molecule has 6 aromatic rings. The van der Waals surface area contributed by atoms with Gasteiger partial charge in [0.25, 0.3) is 23.6 Å². The number of ether oxygens (including phenoxy) is 3. The number of amides is 4. The number of carbonyl (C=O) groups is 4. The van der Waals surface area contributed by atoms with E-state index in [1.54, 1.807) is 54.6 Å². The number of nitrogens with zero attached hydrogens (tertiary/aromatic N) is 2. The van der Waals surface area contributed by atoms with Crippen molar-refractivity contribution in [2.24, 2.45) is 0 Å². The maximum absolute atomic E-state index is 13.4. The molecule has 0 aromatic heterocycles. The molecular weight excluding hydrogens is 757 g/mol. The lowest BCUT2D eigenvalue weighted by atomic mass is 10.0. The molecule has 2 aliphatic heterocycles. The number of benzene rings is 6. The van der Waals surface area contributed by atoms with Crippen molar-refractivity contribution in [3.8, 4) is 28.7 Å². The van der Waals surface area contributed by atoms with Crippen molar-refractivity contribution in [2.75, 3.05) is 18.6 Å². The third-order valence-corrected chi connectivity index (χ3v) is 11.8. The van der Waals surface area contributed by atoms with Gasteiger partial charge in [0.05, 0.1) is 44.3 Å². The highest BCUT2D eigenvalue weighted by Gasteiger charge is 2.37. The number of anilines is 1. The number of hydrogen-bond acceptors (Lipinski definition) is 9. The van der Waals surface area contributed by atoms with Gasteiger partial charge in [-0.2, -0.15) is 0 Å². The van der Waals surface area contributed by atoms with Gasteiger partial charge in [-0.25, -0.2) is 13.3 Å². The normalized spacial score (nSPS) is 13.5. The van der Waals surface area contributed by atoms with E-state index in [-0.39, 0.29) is 33.1 Å². The van der Waals surface area contributed by atoms with Gasteiger partial charge in [0.2, 0.25) is 9.84 Å². The van der Waals surface area contributed by atoms with Gasteiger partial charge in [0.1, 0.15) is 28.7 Å². The molecule has 0 unspecified atom stereocenters. The molecule has 0 saturated heterocycles. The monoisotopic (exact) mass is 792 g/mol. The van der Waals surface area contributed by atoms with Gasteiger partial charge in [-0.1, -0.05) is 23.8 Å². The zero-order chi connectivity index (χ0) is 40.6. The minimum atomic E-state index is -3.83. The van der Waals surface area contributed by atoms with Crippen LogP contribution in [-0.2, 0) is 16.3 Å². The van der Waals surface area contributed by atoms with Gasteiger partial charge in [0, 0.05) is 7.05 Å². The Kier molecular flexibility index (Phi) is 10.1. The summed E-state index contributed by atoms with van der Waals surface area (Å²) in [6.45, 7) is 2.40. The van der Waals surface area contributed by atoms with Crippen molar-refractivity contribution in [3.63, 3.8) is 0 Å². The van der Waals surface area contributed by atoms with Crippen LogP contribution in [0.15, 0.2) is 143 Å². The molecule has 8 rings (SSSR count). The molecule has 0 N–H and O–H groups in total. The molecule has 11 nitrogen and oxygen atoms in total. The lowest BCUT2D eigenvalue weighted by molar-refractivity contribution is 0.0692. The lowest BCUT2D eigenvalue weighted by Gasteiger charge is -2.14. The maximum atomic E-state index is 13.4. The molecule has 0 radical (unpaired) electrons. The summed E-state index contributed by atoms with van der Waals surface area (Å²) >= 11 is 0. The van der Waals surface area contributed by atoms with Crippen LogP contribution in [0.3, 0.4) is 0 Å². The van der Waals surface area contributed by atoms with Gasteiger partial charge in [-0.05, 0) is 147 Å². The molecule has 0 bridgehead atoms. The number of hydrogen-bond donors (Lipinski definition) is 0. The molecule has 0 saturated carbocycles. The number of fused-ring (bicyclic) bond motifs is 2. The van der Waals surface area contributed by atoms with Crippen LogP contribution in [0, 0.1) is 6.92 Å². The average molecular weight is 793 g/mol. The molecule has 290 valence electrons. The van der Waals surface area contributed by atoms with Crippen molar-refractivity contribution in [1.82, 2.24) is 4.90 Å². The van der Waals surface area contributed by atoms with Crippen LogP contribution in [0.25, 0.3) is 0 Å². The maximum Gasteiger partial charge on any atom is 0.266 e. The fourth-order valence-corrected chi connectivity index (χ4v) is 8.04. The molecule has 0 atom stereocenters. The van der Waals surface area contributed by atoms with Crippen LogP contribution < -0.4 is 19.1 Å². The van der Waals surface area contributed by atoms with Gasteiger partial charge >= 0.3 is 0 Å². The first-order valence-electron chi connectivity index (χ1n) is 18.5. The molecule has 0 aliphatic carbocycles. The molecular formula is C46H36N2O9S. The van der Waals surface area contributed by atoms with E-state index in [0.717, 1.165) is 22.4 Å². The Morgan fingerprint density at radius 3 is 1.64 bits per heavy atom. The Morgan fingerprint density at radius 2 is 0.983 bits per heavy atom. The summed E-state index contributed by atoms with van der Waals surface area (Å²) in [7, 11) is -2.41. The Labute approximate surface area is 334 Å². The molecule has 4 amide bonds. The smallest absolute Gasteiger partial charge is 0.266 e. The Hall–Kier alpha value is -7.05. The molecule has 12 heteroatoms. The minimum Gasteiger partial charge on any atom is -0.494 e. The first kappa shape index (κ1) is 37.9. The highest BCUT2D eigenvalue weighted by molar-refractivity contribution is 7.91. The van der Waals surface area contributed by atoms with Crippen molar-refractivity contribution in [2.45, 2.75) is 36.0 Å². The predicted octanol–water partition coefficient (Wildman–Crippen LogP) is 8.84. The van der Waals surface area contributed by atoms with Crippen LogP contribution in [0.5, 0.6) is 28.7 Å². The van der Waals surface area contributed by atoms with E-state index in [1.807, 2.05) is 37.3 Å². The molecule has 6 aromatic carbocycles. The summed E-state index contributed by atoms with van der Waals surface area (Å²) in [6, 6.07) is 36.6. The molecule has 0 fully saturated rings. The van der Waals surface area contributed by atoms with E-state index in [9.17, 15) is 27.6 Å². The zero-order valence-corrected chi connectivity index (χ0v) is 32.3. The lowest BCUT2D eigenvalue weighted by Crippen LogP contribution is -2.29. The number of aryl methyl sites for hydroxylation is 2. The van der Waals surface area contributed by atoms with Crippen molar-refractivity contribution < 1.29 is 41.8 Å². The summed E-state index contributed by atoms with van der Waals surface area (Å²) in [5.74, 6) is 1.00. The van der Waals surface area contributed by atoms with Crippen LogP contribution in [-0.4, -0.2) is 50.6 Å². The third-order valence-electron chi connectivity index (χ3n) is 10.00. The van der Waals surface area contributed by atoms with E-state index >= 15 is 0 Å². The highest BCUT2D eigenvalue weighted by Crippen LogP contribution is 2.33. The standard InChI is InChI=1S/C46H36N2O9S/c1-29-6-11-33(12-7-29)56-34-13-9-31(10-14-34)48-45(51)40-24-8-30(27-41(40)46(48)52)5-3-4-26-55-32-15-20-37(21-16-32)58(53,54)38-22-17-35(18-23-38)57-36-19-25-39-42(28-36)44(50)47(2)43(39)49/h6-25,27-28H,3-5,26H2,1-2H3. The average Bonchev–Trinajstić information content (AvgIpc) is 3.61. The van der Waals surface area contributed by atoms with Gasteiger partial charge < -0.3 is 14.2 Å². The summed E-state index contributed by atoms with van der Waals surface area (Å²) in [5, 5.41) is 0. The summed E-state index contributed by atoms with van der Waals surface area (Å²) in [5.41, 5.74) is 3.83. The number of rotatable bonds is 13. The quantitative estimate of drug-likeness (QED) is 0.0830. The molecule has 2 aliphatic rings. The van der Waals surface area contributed by atoms with Gasteiger partial charge in [-0.3, -0.25) is 24.1 Å². The molecule has 2 heterocycles. The number of sulfone groups is 1. The highest BCUT2D eigenvalue weighted by atomic mass is 32.2. The largest absolute Gasteiger partial charge is 0.494 e. The number of imide groups is 2. The van der Waals surface area contributed by atoms with E-state index in [2.05, 4.69) is 0 Å². The predicted molar refractivity (Wildman–Crippen MR) is 215 cm³/mol. The van der Waals surface area contributed by atoms with Crippen LogP contribution in [0.4, 0.5) is 5.69 Å². The summed E-state index contributed by atoms with van der Waals surface area (Å²) in [6.07, 6.45) is 2.15. The Bertz CT molecular complexity index is 2690. The fourth-order valence-electron chi connectivity index (χ4n) is 6.78. The summed E-state index contributed by atoms with van der Waals surface area (Å²) < 4.78 is 44.3. The second kappa shape index (κ2) is 15.5. The van der Waals surface area contributed by atoms with E-state index < -0.39 is 15.7 Å². The van der Waals surface area contributed by atoms with E-state index in [1.165, 1.54) is 60.5 Å². The second-order valence-corrected chi connectivity index (χ2v) is 15.9. The first-order chi connectivity index (χ1) is 28.0. The van der Waals surface area contributed by atoms with Crippen LogP contribution in [0.2, 0.25) is 0 Å². The fraction of sp³-hybridized carbons (Fsp3) is 0.130. The van der Waals surface area contributed by atoms with E-state index in [0.29, 0.717) is 70.6 Å². The molecule has 58 heavy (non-hydrogen) atoms. The van der Waals surface area contributed by atoms with Crippen LogP contribution >= 0.6 is 0 Å². The zero-order valence-electron chi connectivity index (χ0n) is 31.5. The Balaban J connectivity index is 0.809. The van der Waals surface area contributed by atoms with Crippen molar-refractivity contribution in [3.05, 3.63) is 167 Å². The first-order valence-corrected chi connectivity index (χ1v) is 20.0. The van der Waals surface area contributed by atoms with Gasteiger partial charge in [-0.15, -0.1) is 0 Å². The van der Waals surface area contributed by atoms with Crippen molar-refractivity contribution in [1.29, 1.82) is 0 Å². The van der Waals surface area contributed by atoms with Crippen LogP contribution in [0.1, 0.15) is 65.4 Å². The third kappa shape index (κ3) is 7.45. The number of carbonyl (C=O) groups excluding carboxylic acids is 4. The van der Waals surface area contributed by atoms with E-state index in [4.69, 9.17) is 14.2 Å². The second-order valence-electron chi connectivity index (χ2n) is 14.0. The topological polar surface area (TPSA) is 137 Å². The SMILES string of the molecule is Cc1ccc(Oc2ccc(N3C(=O)c4ccc(CCCCOc5ccc(S(=O)(=O)c6ccc(Oc7ccc8c(c7)C(=O)N(C)C8=O)cc6)cc5)cc4C3=O)cc2)cc1. The number of unbranched alkanes of at least 4 members (excludes halogenated alkanes) is 1. The van der Waals surface area contributed by atoms with Crippen molar-refractivity contribution >= 4 is 39.2 Å². The summed E-state index contributed by atoms with van der Waals surface area (Å²) in [4.78, 5) is 53.5.